The van der Waals surface area contributed by atoms with Crippen LogP contribution in [0.3, 0.4) is 0 Å². The number of aliphatic hydroxyl groups is 1. The predicted molar refractivity (Wildman–Crippen MR) is 67.6 cm³/mol. The molecule has 1 heterocycles. The predicted octanol–water partition coefficient (Wildman–Crippen LogP) is 0.560. The van der Waals surface area contributed by atoms with E-state index < -0.39 is 15.9 Å². The molecular weight excluding hydrogens is 238 g/mol. The number of aliphatic hydroxyl groups excluding tert-OH is 1. The van der Waals surface area contributed by atoms with E-state index in [1.807, 2.05) is 0 Å². The van der Waals surface area contributed by atoms with Crippen molar-refractivity contribution in [1.82, 2.24) is 5.32 Å². The van der Waals surface area contributed by atoms with Crippen LogP contribution in [0.1, 0.15) is 32.6 Å². The van der Waals surface area contributed by atoms with Crippen LogP contribution in [-0.4, -0.2) is 43.7 Å². The maximum Gasteiger partial charge on any atom is 0.154 e. The lowest BCUT2D eigenvalue weighted by molar-refractivity contribution is 0.159. The van der Waals surface area contributed by atoms with Crippen LogP contribution >= 0.6 is 0 Å². The molecule has 1 aliphatic heterocycles. The minimum Gasteiger partial charge on any atom is -0.390 e. The molecular formula is C12H23NO3S. The summed E-state index contributed by atoms with van der Waals surface area (Å²) in [5.74, 6) is 1.51. The Hall–Kier alpha value is -0.130. The molecule has 0 aromatic heterocycles. The van der Waals surface area contributed by atoms with E-state index in [1.54, 1.807) is 0 Å². The molecule has 4 nitrogen and oxygen atoms in total. The van der Waals surface area contributed by atoms with Gasteiger partial charge >= 0.3 is 0 Å². The Morgan fingerprint density at radius 2 is 1.82 bits per heavy atom. The summed E-state index contributed by atoms with van der Waals surface area (Å²) in [5, 5.41) is 12.9. The van der Waals surface area contributed by atoms with E-state index in [2.05, 4.69) is 12.2 Å². The van der Waals surface area contributed by atoms with Crippen LogP contribution in [0.5, 0.6) is 0 Å². The highest BCUT2D eigenvalue weighted by molar-refractivity contribution is 7.91. The summed E-state index contributed by atoms with van der Waals surface area (Å²) in [4.78, 5) is 0. The third-order valence-electron chi connectivity index (χ3n) is 4.13. The van der Waals surface area contributed by atoms with Crippen LogP contribution < -0.4 is 5.32 Å². The quantitative estimate of drug-likeness (QED) is 0.779. The minimum atomic E-state index is -3.02. The highest BCUT2D eigenvalue weighted by atomic mass is 32.2. The fourth-order valence-electron chi connectivity index (χ4n) is 2.88. The van der Waals surface area contributed by atoms with E-state index in [-0.39, 0.29) is 17.5 Å². The summed E-state index contributed by atoms with van der Waals surface area (Å²) in [7, 11) is -3.02. The standard InChI is InChI=1S/C12H23NO3S/c1-9-2-4-10(5-3-9)6-13-11-7-17(15,16)8-12(11)14/h9-14H,2-8H2,1H3. The van der Waals surface area contributed by atoms with E-state index in [9.17, 15) is 13.5 Å². The summed E-state index contributed by atoms with van der Waals surface area (Å²) in [6.07, 6.45) is 4.28. The Labute approximate surface area is 104 Å². The lowest BCUT2D eigenvalue weighted by Crippen LogP contribution is -2.41. The molecule has 2 fully saturated rings. The maximum atomic E-state index is 11.3. The second kappa shape index (κ2) is 5.24. The van der Waals surface area contributed by atoms with Gasteiger partial charge in [-0.1, -0.05) is 19.8 Å². The molecule has 0 aromatic carbocycles. The smallest absolute Gasteiger partial charge is 0.154 e. The van der Waals surface area contributed by atoms with Gasteiger partial charge in [0.1, 0.15) is 0 Å². The van der Waals surface area contributed by atoms with E-state index >= 15 is 0 Å². The number of hydrogen-bond donors (Lipinski definition) is 2. The third-order valence-corrected chi connectivity index (χ3v) is 5.84. The lowest BCUT2D eigenvalue weighted by atomic mass is 9.83. The summed E-state index contributed by atoms with van der Waals surface area (Å²) in [6.45, 7) is 3.14. The molecule has 2 aliphatic rings. The zero-order valence-corrected chi connectivity index (χ0v) is 11.2. The number of sulfone groups is 1. The van der Waals surface area contributed by atoms with Gasteiger partial charge in [-0.25, -0.2) is 8.42 Å². The number of hydrogen-bond acceptors (Lipinski definition) is 4. The van der Waals surface area contributed by atoms with Crippen molar-refractivity contribution in [3.05, 3.63) is 0 Å². The highest BCUT2D eigenvalue weighted by Crippen LogP contribution is 2.28. The highest BCUT2D eigenvalue weighted by Gasteiger charge is 2.36. The van der Waals surface area contributed by atoms with Crippen LogP contribution in [-0.2, 0) is 9.84 Å². The summed E-state index contributed by atoms with van der Waals surface area (Å²) in [5.41, 5.74) is 0. The number of nitrogens with one attached hydrogen (secondary N) is 1. The second-order valence-corrected chi connectivity index (χ2v) is 7.94. The van der Waals surface area contributed by atoms with E-state index in [0.717, 1.165) is 12.5 Å². The van der Waals surface area contributed by atoms with Crippen molar-refractivity contribution in [3.63, 3.8) is 0 Å². The largest absolute Gasteiger partial charge is 0.390 e. The monoisotopic (exact) mass is 261 g/mol. The first kappa shape index (κ1) is 13.3. The van der Waals surface area contributed by atoms with E-state index in [4.69, 9.17) is 0 Å². The van der Waals surface area contributed by atoms with Crippen molar-refractivity contribution in [2.45, 2.75) is 44.8 Å². The summed E-state index contributed by atoms with van der Waals surface area (Å²) in [6, 6.07) is -0.251. The fraction of sp³-hybridized carbons (Fsp3) is 1.00. The van der Waals surface area contributed by atoms with Crippen molar-refractivity contribution < 1.29 is 13.5 Å². The Morgan fingerprint density at radius 1 is 1.18 bits per heavy atom. The molecule has 0 amide bonds. The van der Waals surface area contributed by atoms with Crippen molar-refractivity contribution in [1.29, 1.82) is 0 Å². The van der Waals surface area contributed by atoms with Gasteiger partial charge in [-0.2, -0.15) is 0 Å². The molecule has 100 valence electrons. The molecule has 0 spiro atoms. The summed E-state index contributed by atoms with van der Waals surface area (Å²) >= 11 is 0. The van der Waals surface area contributed by atoms with Gasteiger partial charge in [-0.3, -0.25) is 0 Å². The Balaban J connectivity index is 1.75. The van der Waals surface area contributed by atoms with E-state index in [0.29, 0.717) is 5.92 Å². The van der Waals surface area contributed by atoms with Gasteiger partial charge in [0, 0.05) is 6.04 Å². The van der Waals surface area contributed by atoms with Gasteiger partial charge in [0.05, 0.1) is 17.6 Å². The Kier molecular flexibility index (Phi) is 4.10. The Bertz CT molecular complexity index is 347. The fourth-order valence-corrected chi connectivity index (χ4v) is 4.65. The maximum absolute atomic E-state index is 11.3. The molecule has 2 N–H and O–H groups in total. The molecule has 1 saturated carbocycles. The lowest BCUT2D eigenvalue weighted by Gasteiger charge is -2.27. The van der Waals surface area contributed by atoms with Gasteiger partial charge in [-0.15, -0.1) is 0 Å². The average Bonchev–Trinajstić information content (AvgIpc) is 2.51. The zero-order valence-electron chi connectivity index (χ0n) is 10.4. The van der Waals surface area contributed by atoms with Gasteiger partial charge in [-0.05, 0) is 31.2 Å². The molecule has 2 rings (SSSR count). The normalized spacial score (nSPS) is 41.5. The molecule has 2 unspecified atom stereocenters. The van der Waals surface area contributed by atoms with Gasteiger partial charge in [0.15, 0.2) is 9.84 Å². The van der Waals surface area contributed by atoms with Crippen molar-refractivity contribution in [3.8, 4) is 0 Å². The van der Waals surface area contributed by atoms with Crippen molar-refractivity contribution >= 4 is 9.84 Å². The third kappa shape index (κ3) is 3.66. The van der Waals surface area contributed by atoms with E-state index in [1.165, 1.54) is 25.7 Å². The SMILES string of the molecule is CC1CCC(CNC2CS(=O)(=O)CC2O)CC1. The number of rotatable bonds is 3. The topological polar surface area (TPSA) is 66.4 Å². The molecule has 17 heavy (non-hydrogen) atoms. The van der Waals surface area contributed by atoms with Crippen LogP contribution in [0, 0.1) is 11.8 Å². The first-order valence-electron chi connectivity index (χ1n) is 6.58. The first-order valence-corrected chi connectivity index (χ1v) is 8.40. The van der Waals surface area contributed by atoms with Crippen molar-refractivity contribution in [2.24, 2.45) is 11.8 Å². The van der Waals surface area contributed by atoms with Gasteiger partial charge in [0.25, 0.3) is 0 Å². The second-order valence-electron chi connectivity index (χ2n) is 5.78. The molecule has 5 heteroatoms. The summed E-state index contributed by atoms with van der Waals surface area (Å²) < 4.78 is 22.7. The van der Waals surface area contributed by atoms with Crippen molar-refractivity contribution in [2.75, 3.05) is 18.1 Å². The molecule has 1 aliphatic carbocycles. The molecule has 0 radical (unpaired) electrons. The first-order chi connectivity index (χ1) is 7.96. The minimum absolute atomic E-state index is 0.0770. The van der Waals surface area contributed by atoms with Crippen LogP contribution in [0.2, 0.25) is 0 Å². The van der Waals surface area contributed by atoms with Gasteiger partial charge in [0.2, 0.25) is 0 Å². The molecule has 0 aromatic rings. The molecule has 1 saturated heterocycles. The molecule has 0 bridgehead atoms. The average molecular weight is 261 g/mol. The van der Waals surface area contributed by atoms with Crippen LogP contribution in [0.15, 0.2) is 0 Å². The zero-order chi connectivity index (χ0) is 12.5. The molecule has 2 atom stereocenters. The van der Waals surface area contributed by atoms with Gasteiger partial charge < -0.3 is 10.4 Å². The Morgan fingerprint density at radius 3 is 2.35 bits per heavy atom. The van der Waals surface area contributed by atoms with Crippen LogP contribution in [0.4, 0.5) is 0 Å². The van der Waals surface area contributed by atoms with Crippen LogP contribution in [0.25, 0.3) is 0 Å².